The number of alkyl halides is 3. The van der Waals surface area contributed by atoms with Gasteiger partial charge in [-0.2, -0.15) is 18.3 Å². The van der Waals surface area contributed by atoms with Crippen molar-refractivity contribution in [1.82, 2.24) is 9.78 Å². The summed E-state index contributed by atoms with van der Waals surface area (Å²) in [5, 5.41) is 2.93. The van der Waals surface area contributed by atoms with Gasteiger partial charge in [0.25, 0.3) is 0 Å². The van der Waals surface area contributed by atoms with E-state index in [4.69, 9.17) is 28.5 Å². The third-order valence-electron chi connectivity index (χ3n) is 2.92. The predicted molar refractivity (Wildman–Crippen MR) is 77.4 cm³/mol. The number of halogens is 5. The molecule has 0 aliphatic heterocycles. The fraction of sp³-hybridized carbons (Fsp3) is 0.214. The molecule has 2 rings (SSSR count). The van der Waals surface area contributed by atoms with Crippen LogP contribution in [-0.4, -0.2) is 16.4 Å². The summed E-state index contributed by atoms with van der Waals surface area (Å²) in [4.78, 5) is 0. The lowest BCUT2D eigenvalue weighted by Crippen LogP contribution is -2.12. The molecule has 1 heterocycles. The highest BCUT2D eigenvalue weighted by Crippen LogP contribution is 2.41. The van der Waals surface area contributed by atoms with E-state index in [9.17, 15) is 17.6 Å². The van der Waals surface area contributed by atoms with Crippen molar-refractivity contribution in [3.63, 3.8) is 0 Å². The topological polar surface area (TPSA) is 53.1 Å². The van der Waals surface area contributed by atoms with E-state index >= 15 is 0 Å². The average molecular weight is 348 g/mol. The summed E-state index contributed by atoms with van der Waals surface area (Å²) in [5.74, 6) is 1.33. The first-order valence-electron chi connectivity index (χ1n) is 6.12. The van der Waals surface area contributed by atoms with Crippen molar-refractivity contribution < 1.29 is 22.3 Å². The average Bonchev–Trinajstić information content (AvgIpc) is 2.72. The molecule has 0 amide bonds. The highest BCUT2D eigenvalue weighted by Gasteiger charge is 2.39. The summed E-state index contributed by atoms with van der Waals surface area (Å²) in [6, 6.07) is 2.01. The molecule has 0 atom stereocenters. The number of anilines is 1. The molecule has 9 heteroatoms. The van der Waals surface area contributed by atoms with Crippen LogP contribution in [-0.2, 0) is 13.2 Å². The Bertz CT molecular complexity index is 793. The number of hydrogen-bond donors (Lipinski definition) is 1. The van der Waals surface area contributed by atoms with Gasteiger partial charge in [0.15, 0.2) is 5.69 Å². The number of nitrogens with two attached hydrogens (primary N) is 1. The maximum atomic E-state index is 14.1. The van der Waals surface area contributed by atoms with Crippen LogP contribution < -0.4 is 10.5 Å². The first-order chi connectivity index (χ1) is 10.7. The summed E-state index contributed by atoms with van der Waals surface area (Å²) in [7, 11) is 1.06. The van der Waals surface area contributed by atoms with E-state index in [2.05, 4.69) is 11.0 Å². The Morgan fingerprint density at radius 2 is 2.09 bits per heavy atom. The van der Waals surface area contributed by atoms with Crippen LogP contribution >= 0.6 is 11.6 Å². The van der Waals surface area contributed by atoms with Crippen molar-refractivity contribution in [1.29, 1.82) is 0 Å². The van der Waals surface area contributed by atoms with Crippen LogP contribution in [0.4, 0.5) is 23.2 Å². The summed E-state index contributed by atoms with van der Waals surface area (Å²) in [6.45, 7) is -0.140. The van der Waals surface area contributed by atoms with Gasteiger partial charge in [0.1, 0.15) is 23.9 Å². The molecule has 0 saturated carbocycles. The Morgan fingerprint density at radius 3 is 2.61 bits per heavy atom. The van der Waals surface area contributed by atoms with Gasteiger partial charge in [0.2, 0.25) is 0 Å². The molecule has 0 aliphatic carbocycles. The zero-order valence-corrected chi connectivity index (χ0v) is 12.5. The Kier molecular flexibility index (Phi) is 4.43. The molecule has 0 spiro atoms. The zero-order chi connectivity index (χ0) is 17.4. The lowest BCUT2D eigenvalue weighted by molar-refractivity contribution is -0.143. The van der Waals surface area contributed by atoms with Crippen molar-refractivity contribution in [3.05, 3.63) is 28.7 Å². The second-order valence-corrected chi connectivity index (χ2v) is 4.87. The second kappa shape index (κ2) is 6.01. The minimum Gasteiger partial charge on any atom is -0.479 e. The van der Waals surface area contributed by atoms with E-state index in [1.165, 1.54) is 0 Å². The van der Waals surface area contributed by atoms with Crippen molar-refractivity contribution in [2.45, 2.75) is 6.18 Å². The number of nitrogens with zero attached hydrogens (tertiary/aromatic N) is 2. The first-order valence-corrected chi connectivity index (χ1v) is 6.50. The third kappa shape index (κ3) is 3.19. The van der Waals surface area contributed by atoms with Gasteiger partial charge in [0, 0.05) is 18.7 Å². The highest BCUT2D eigenvalue weighted by molar-refractivity contribution is 6.33. The minimum atomic E-state index is -4.73. The predicted octanol–water partition coefficient (Wildman–Crippen LogP) is 3.49. The van der Waals surface area contributed by atoms with Crippen LogP contribution in [0.3, 0.4) is 0 Å². The van der Waals surface area contributed by atoms with Crippen LogP contribution in [0.2, 0.25) is 5.02 Å². The van der Waals surface area contributed by atoms with Gasteiger partial charge in [-0.05, 0) is 6.07 Å². The molecule has 1 aromatic carbocycles. The lowest BCUT2D eigenvalue weighted by atomic mass is 10.1. The Balaban J connectivity index is 2.61. The van der Waals surface area contributed by atoms with Gasteiger partial charge >= 0.3 is 6.18 Å². The van der Waals surface area contributed by atoms with Gasteiger partial charge < -0.3 is 10.5 Å². The van der Waals surface area contributed by atoms with Gasteiger partial charge in [-0.3, -0.25) is 4.68 Å². The highest BCUT2D eigenvalue weighted by atomic mass is 35.5. The molecular formula is C14H10ClF4N3O. The fourth-order valence-corrected chi connectivity index (χ4v) is 2.34. The molecule has 23 heavy (non-hydrogen) atoms. The van der Waals surface area contributed by atoms with E-state index in [0.717, 1.165) is 19.2 Å². The zero-order valence-electron chi connectivity index (χ0n) is 11.7. The third-order valence-corrected chi connectivity index (χ3v) is 3.28. The van der Waals surface area contributed by atoms with Gasteiger partial charge in [-0.1, -0.05) is 17.5 Å². The number of benzene rings is 1. The monoisotopic (exact) mass is 347 g/mol. The minimum absolute atomic E-state index is 0.0228. The molecule has 2 aromatic rings. The summed E-state index contributed by atoms with van der Waals surface area (Å²) in [6.07, 6.45) is 0.317. The van der Waals surface area contributed by atoms with E-state index in [-0.39, 0.29) is 29.3 Å². The van der Waals surface area contributed by atoms with E-state index in [1.54, 1.807) is 0 Å². The van der Waals surface area contributed by atoms with Crippen LogP contribution in [0.1, 0.15) is 5.69 Å². The molecule has 0 saturated heterocycles. The number of terminal acetylenes is 1. The van der Waals surface area contributed by atoms with Crippen LogP contribution in [0.15, 0.2) is 12.1 Å². The summed E-state index contributed by atoms with van der Waals surface area (Å²) < 4.78 is 58.6. The summed E-state index contributed by atoms with van der Waals surface area (Å²) >= 11 is 5.74. The largest absolute Gasteiger partial charge is 0.479 e. The Labute approximate surface area is 133 Å². The normalized spacial score (nSPS) is 11.3. The molecule has 0 radical (unpaired) electrons. The first kappa shape index (κ1) is 17.0. The SMILES string of the molecule is C#CCOc1cc(-c2nn(C)c(C(F)(F)F)c2Cl)c(F)cc1N. The number of rotatable bonds is 3. The number of nitrogen functional groups attached to an aromatic ring is 1. The number of ether oxygens (including phenoxy) is 1. The van der Waals surface area contributed by atoms with Crippen LogP contribution in [0, 0.1) is 18.2 Å². The maximum absolute atomic E-state index is 14.1. The van der Waals surface area contributed by atoms with Gasteiger partial charge in [-0.15, -0.1) is 6.42 Å². The molecule has 4 nitrogen and oxygen atoms in total. The van der Waals surface area contributed by atoms with Crippen molar-refractivity contribution in [3.8, 4) is 29.4 Å². The number of aromatic nitrogens is 2. The van der Waals surface area contributed by atoms with Crippen molar-refractivity contribution in [2.24, 2.45) is 7.05 Å². The molecule has 0 fully saturated rings. The molecule has 122 valence electrons. The summed E-state index contributed by atoms with van der Waals surface area (Å²) in [5.41, 5.74) is 3.70. The lowest BCUT2D eigenvalue weighted by Gasteiger charge is -2.09. The maximum Gasteiger partial charge on any atom is 0.434 e. The molecule has 2 N–H and O–H groups in total. The second-order valence-electron chi connectivity index (χ2n) is 4.50. The number of aryl methyl sites for hydroxylation is 1. The quantitative estimate of drug-likeness (QED) is 0.525. The standard InChI is InChI=1S/C14H10ClF4N3O/c1-3-4-23-10-5-7(8(16)6-9(10)20)12-11(15)13(14(17,18)19)22(2)21-12/h1,5-6H,4,20H2,2H3. The number of hydrogen-bond acceptors (Lipinski definition) is 3. The van der Waals surface area contributed by atoms with Crippen LogP contribution in [0.5, 0.6) is 5.75 Å². The smallest absolute Gasteiger partial charge is 0.434 e. The molecule has 0 aliphatic rings. The molecular weight excluding hydrogens is 338 g/mol. The molecule has 1 aromatic heterocycles. The fourth-order valence-electron chi connectivity index (χ4n) is 1.97. The molecule has 0 bridgehead atoms. The molecule has 0 unspecified atom stereocenters. The Morgan fingerprint density at radius 1 is 1.43 bits per heavy atom. The van der Waals surface area contributed by atoms with Crippen molar-refractivity contribution >= 4 is 17.3 Å². The van der Waals surface area contributed by atoms with Gasteiger partial charge in [-0.25, -0.2) is 4.39 Å². The van der Waals surface area contributed by atoms with E-state index in [1.807, 2.05) is 0 Å². The Hall–Kier alpha value is -2.40. The van der Waals surface area contributed by atoms with Crippen molar-refractivity contribution in [2.75, 3.05) is 12.3 Å². The van der Waals surface area contributed by atoms with Gasteiger partial charge in [0.05, 0.1) is 10.7 Å². The van der Waals surface area contributed by atoms with Crippen LogP contribution in [0.25, 0.3) is 11.3 Å². The van der Waals surface area contributed by atoms with E-state index in [0.29, 0.717) is 4.68 Å². The van der Waals surface area contributed by atoms with E-state index < -0.39 is 22.7 Å².